The predicted molar refractivity (Wildman–Crippen MR) is 83.8 cm³/mol. The van der Waals surface area contributed by atoms with Crippen LogP contribution in [0.4, 0.5) is 11.6 Å². The van der Waals surface area contributed by atoms with Gasteiger partial charge in [-0.15, -0.1) is 0 Å². The Morgan fingerprint density at radius 3 is 2.67 bits per heavy atom. The standard InChI is InChI=1S/C16H20N4O/c1-10(2)18-15(21)14-8-9-17-16(20-14)19-13-7-5-6-11(3)12(13)4/h5-10H,1-4H3,(H,18,21)(H,17,19,20). The topological polar surface area (TPSA) is 66.9 Å². The molecular formula is C16H20N4O. The molecule has 110 valence electrons. The van der Waals surface area contributed by atoms with Crippen LogP contribution in [0, 0.1) is 13.8 Å². The van der Waals surface area contributed by atoms with Crippen molar-refractivity contribution >= 4 is 17.5 Å². The van der Waals surface area contributed by atoms with Crippen molar-refractivity contribution < 1.29 is 4.79 Å². The third-order valence-electron chi connectivity index (χ3n) is 3.16. The van der Waals surface area contributed by atoms with Crippen molar-refractivity contribution in [1.29, 1.82) is 0 Å². The van der Waals surface area contributed by atoms with Gasteiger partial charge in [-0.2, -0.15) is 0 Å². The van der Waals surface area contributed by atoms with Gasteiger partial charge in [0.1, 0.15) is 5.69 Å². The van der Waals surface area contributed by atoms with Crippen molar-refractivity contribution in [2.24, 2.45) is 0 Å². The summed E-state index contributed by atoms with van der Waals surface area (Å²) in [6.45, 7) is 7.91. The zero-order chi connectivity index (χ0) is 15.4. The van der Waals surface area contributed by atoms with Crippen LogP contribution in [0.2, 0.25) is 0 Å². The van der Waals surface area contributed by atoms with Gasteiger partial charge >= 0.3 is 0 Å². The molecule has 1 heterocycles. The van der Waals surface area contributed by atoms with Crippen molar-refractivity contribution in [3.05, 3.63) is 47.3 Å². The first-order valence-corrected chi connectivity index (χ1v) is 6.94. The Morgan fingerprint density at radius 1 is 1.19 bits per heavy atom. The summed E-state index contributed by atoms with van der Waals surface area (Å²) < 4.78 is 0. The van der Waals surface area contributed by atoms with Gasteiger partial charge in [0.2, 0.25) is 5.95 Å². The molecule has 2 rings (SSSR count). The molecule has 1 amide bonds. The largest absolute Gasteiger partial charge is 0.349 e. The second-order valence-corrected chi connectivity index (χ2v) is 5.27. The minimum atomic E-state index is -0.198. The normalized spacial score (nSPS) is 10.5. The maximum atomic E-state index is 12.0. The number of benzene rings is 1. The molecule has 21 heavy (non-hydrogen) atoms. The van der Waals surface area contributed by atoms with E-state index in [1.807, 2.05) is 45.9 Å². The van der Waals surface area contributed by atoms with Crippen LogP contribution in [0.15, 0.2) is 30.5 Å². The lowest BCUT2D eigenvalue weighted by Gasteiger charge is -2.11. The van der Waals surface area contributed by atoms with E-state index in [1.165, 1.54) is 5.56 Å². The Hall–Kier alpha value is -2.43. The summed E-state index contributed by atoms with van der Waals surface area (Å²) >= 11 is 0. The number of anilines is 2. The van der Waals surface area contributed by atoms with Gasteiger partial charge in [0.25, 0.3) is 5.91 Å². The van der Waals surface area contributed by atoms with E-state index in [4.69, 9.17) is 0 Å². The van der Waals surface area contributed by atoms with Gasteiger partial charge in [0, 0.05) is 17.9 Å². The Bertz CT molecular complexity index is 652. The second-order valence-electron chi connectivity index (χ2n) is 5.27. The zero-order valence-electron chi connectivity index (χ0n) is 12.8. The summed E-state index contributed by atoms with van der Waals surface area (Å²) in [6, 6.07) is 7.66. The molecule has 0 saturated carbocycles. The van der Waals surface area contributed by atoms with Crippen LogP contribution in [-0.4, -0.2) is 21.9 Å². The van der Waals surface area contributed by atoms with E-state index in [-0.39, 0.29) is 11.9 Å². The lowest BCUT2D eigenvalue weighted by Crippen LogP contribution is -2.30. The number of nitrogens with one attached hydrogen (secondary N) is 2. The highest BCUT2D eigenvalue weighted by atomic mass is 16.1. The molecule has 1 aromatic carbocycles. The Labute approximate surface area is 124 Å². The molecule has 0 aliphatic rings. The van der Waals surface area contributed by atoms with Crippen LogP contribution in [0.25, 0.3) is 0 Å². The highest BCUT2D eigenvalue weighted by Crippen LogP contribution is 2.20. The number of nitrogens with zero attached hydrogens (tertiary/aromatic N) is 2. The van der Waals surface area contributed by atoms with Crippen LogP contribution in [-0.2, 0) is 0 Å². The highest BCUT2D eigenvalue weighted by Gasteiger charge is 2.10. The minimum absolute atomic E-state index is 0.0721. The lowest BCUT2D eigenvalue weighted by molar-refractivity contribution is 0.0938. The Morgan fingerprint density at radius 2 is 1.95 bits per heavy atom. The van der Waals surface area contributed by atoms with Crippen molar-refractivity contribution in [3.63, 3.8) is 0 Å². The predicted octanol–water partition coefficient (Wildman–Crippen LogP) is 2.98. The van der Waals surface area contributed by atoms with Gasteiger partial charge in [0.15, 0.2) is 0 Å². The third-order valence-corrected chi connectivity index (χ3v) is 3.16. The average Bonchev–Trinajstić information content (AvgIpc) is 2.43. The monoisotopic (exact) mass is 284 g/mol. The first kappa shape index (κ1) is 15.0. The van der Waals surface area contributed by atoms with Crippen LogP contribution >= 0.6 is 0 Å². The molecular weight excluding hydrogens is 264 g/mol. The van der Waals surface area contributed by atoms with Gasteiger partial charge in [-0.3, -0.25) is 4.79 Å². The molecule has 0 fully saturated rings. The smallest absolute Gasteiger partial charge is 0.270 e. The van der Waals surface area contributed by atoms with E-state index in [1.54, 1.807) is 12.3 Å². The molecule has 0 radical (unpaired) electrons. The summed E-state index contributed by atoms with van der Waals surface area (Å²) in [4.78, 5) is 20.4. The number of carbonyl (C=O) groups excluding carboxylic acids is 1. The first-order valence-electron chi connectivity index (χ1n) is 6.94. The first-order chi connectivity index (χ1) is 9.97. The molecule has 2 aromatic rings. The molecule has 0 bridgehead atoms. The molecule has 0 spiro atoms. The Kier molecular flexibility index (Phi) is 4.52. The summed E-state index contributed by atoms with van der Waals surface area (Å²) in [6.07, 6.45) is 1.58. The van der Waals surface area contributed by atoms with E-state index in [2.05, 4.69) is 20.6 Å². The van der Waals surface area contributed by atoms with Crippen LogP contribution in [0.5, 0.6) is 0 Å². The molecule has 0 atom stereocenters. The highest BCUT2D eigenvalue weighted by molar-refractivity contribution is 5.92. The minimum Gasteiger partial charge on any atom is -0.349 e. The number of aryl methyl sites for hydroxylation is 1. The molecule has 2 N–H and O–H groups in total. The molecule has 0 saturated heterocycles. The molecule has 0 aliphatic carbocycles. The fourth-order valence-corrected chi connectivity index (χ4v) is 1.89. The van der Waals surface area contributed by atoms with Crippen LogP contribution < -0.4 is 10.6 Å². The maximum absolute atomic E-state index is 12.0. The molecule has 0 aliphatic heterocycles. The lowest BCUT2D eigenvalue weighted by atomic mass is 10.1. The second kappa shape index (κ2) is 6.35. The van der Waals surface area contributed by atoms with Crippen LogP contribution in [0.1, 0.15) is 35.5 Å². The fraction of sp³-hybridized carbons (Fsp3) is 0.312. The van der Waals surface area contributed by atoms with Crippen molar-refractivity contribution in [2.45, 2.75) is 33.7 Å². The number of carbonyl (C=O) groups is 1. The van der Waals surface area contributed by atoms with Crippen LogP contribution in [0.3, 0.4) is 0 Å². The van der Waals surface area contributed by atoms with E-state index in [9.17, 15) is 4.79 Å². The van der Waals surface area contributed by atoms with Crippen molar-refractivity contribution in [2.75, 3.05) is 5.32 Å². The van der Waals surface area contributed by atoms with Crippen molar-refractivity contribution in [3.8, 4) is 0 Å². The number of hydrogen-bond donors (Lipinski definition) is 2. The van der Waals surface area contributed by atoms with E-state index in [0.29, 0.717) is 11.6 Å². The summed E-state index contributed by atoms with van der Waals surface area (Å²) in [7, 11) is 0. The van der Waals surface area contributed by atoms with E-state index < -0.39 is 0 Å². The van der Waals surface area contributed by atoms with Gasteiger partial charge in [0.05, 0.1) is 0 Å². The summed E-state index contributed by atoms with van der Waals surface area (Å²) in [5, 5.41) is 5.97. The van der Waals surface area contributed by atoms with E-state index in [0.717, 1.165) is 11.3 Å². The molecule has 5 heteroatoms. The quantitative estimate of drug-likeness (QED) is 0.905. The Balaban J connectivity index is 2.22. The molecule has 1 aromatic heterocycles. The van der Waals surface area contributed by atoms with Crippen molar-refractivity contribution in [1.82, 2.24) is 15.3 Å². The van der Waals surface area contributed by atoms with Gasteiger partial charge in [-0.05, 0) is 51.0 Å². The average molecular weight is 284 g/mol. The number of rotatable bonds is 4. The van der Waals surface area contributed by atoms with Gasteiger partial charge < -0.3 is 10.6 Å². The van der Waals surface area contributed by atoms with E-state index >= 15 is 0 Å². The number of aromatic nitrogens is 2. The van der Waals surface area contributed by atoms with Gasteiger partial charge in [-0.25, -0.2) is 9.97 Å². The maximum Gasteiger partial charge on any atom is 0.270 e. The summed E-state index contributed by atoms with van der Waals surface area (Å²) in [5.74, 6) is 0.219. The van der Waals surface area contributed by atoms with Gasteiger partial charge in [-0.1, -0.05) is 12.1 Å². The zero-order valence-corrected chi connectivity index (χ0v) is 12.8. The molecule has 0 unspecified atom stereocenters. The number of hydrogen-bond acceptors (Lipinski definition) is 4. The number of amides is 1. The summed E-state index contributed by atoms with van der Waals surface area (Å²) in [5.41, 5.74) is 3.62. The fourth-order valence-electron chi connectivity index (χ4n) is 1.89. The third kappa shape index (κ3) is 3.78. The SMILES string of the molecule is Cc1cccc(Nc2nccc(C(=O)NC(C)C)n2)c1C. The molecule has 5 nitrogen and oxygen atoms in total.